The van der Waals surface area contributed by atoms with Gasteiger partial charge in [0.05, 0.1) is 18.4 Å². The van der Waals surface area contributed by atoms with Crippen LogP contribution in [0.1, 0.15) is 23.2 Å². The fourth-order valence-corrected chi connectivity index (χ4v) is 4.06. The first-order valence-electron chi connectivity index (χ1n) is 9.32. The SMILES string of the molecule is COc1ccccc1N1CCN(C(=O)CCC(=O)Nc2sccc2C(N)=O)CC1. The van der Waals surface area contributed by atoms with Crippen LogP contribution in [0.4, 0.5) is 10.7 Å². The summed E-state index contributed by atoms with van der Waals surface area (Å²) in [5, 5.41) is 4.76. The van der Waals surface area contributed by atoms with Crippen molar-refractivity contribution in [2.75, 3.05) is 43.5 Å². The number of ether oxygens (including phenoxy) is 1. The summed E-state index contributed by atoms with van der Waals surface area (Å²) in [6, 6.07) is 9.38. The summed E-state index contributed by atoms with van der Waals surface area (Å²) in [5.41, 5.74) is 6.57. The van der Waals surface area contributed by atoms with Gasteiger partial charge in [0.25, 0.3) is 5.91 Å². The van der Waals surface area contributed by atoms with Crippen molar-refractivity contribution < 1.29 is 19.1 Å². The first-order valence-corrected chi connectivity index (χ1v) is 10.2. The molecule has 1 aliphatic rings. The van der Waals surface area contributed by atoms with E-state index >= 15 is 0 Å². The maximum Gasteiger partial charge on any atom is 0.251 e. The van der Waals surface area contributed by atoms with Crippen molar-refractivity contribution in [2.24, 2.45) is 5.73 Å². The largest absolute Gasteiger partial charge is 0.495 e. The smallest absolute Gasteiger partial charge is 0.251 e. The molecular formula is C20H24N4O4S. The zero-order chi connectivity index (χ0) is 20.8. The summed E-state index contributed by atoms with van der Waals surface area (Å²) >= 11 is 1.23. The van der Waals surface area contributed by atoms with Gasteiger partial charge in [0, 0.05) is 39.0 Å². The van der Waals surface area contributed by atoms with Gasteiger partial charge in [0.2, 0.25) is 11.8 Å². The molecule has 3 rings (SSSR count). The minimum atomic E-state index is -0.592. The van der Waals surface area contributed by atoms with Crippen LogP contribution in [0, 0.1) is 0 Å². The second kappa shape index (κ2) is 9.42. The van der Waals surface area contributed by atoms with Gasteiger partial charge in [-0.15, -0.1) is 11.3 Å². The number of piperazine rings is 1. The lowest BCUT2D eigenvalue weighted by molar-refractivity contribution is -0.133. The van der Waals surface area contributed by atoms with Crippen molar-refractivity contribution in [3.8, 4) is 5.75 Å². The van der Waals surface area contributed by atoms with E-state index in [1.165, 1.54) is 11.3 Å². The predicted octanol–water partition coefficient (Wildman–Crippen LogP) is 1.92. The number of nitrogens with one attached hydrogen (secondary N) is 1. The number of primary amides is 1. The molecule has 29 heavy (non-hydrogen) atoms. The molecule has 0 radical (unpaired) electrons. The van der Waals surface area contributed by atoms with Gasteiger partial charge in [-0.2, -0.15) is 0 Å². The summed E-state index contributed by atoms with van der Waals surface area (Å²) in [6.45, 7) is 2.59. The standard InChI is InChI=1S/C20H24N4O4S/c1-28-16-5-3-2-4-15(16)23-9-11-24(12-10-23)18(26)7-6-17(25)22-20-14(19(21)27)8-13-29-20/h2-5,8,13H,6-7,9-12H2,1H3,(H2,21,27)(H,22,25). The summed E-state index contributed by atoms with van der Waals surface area (Å²) in [6.07, 6.45) is 0.180. The number of methoxy groups -OCH3 is 1. The lowest BCUT2D eigenvalue weighted by Gasteiger charge is -2.36. The number of hydrogen-bond acceptors (Lipinski definition) is 6. The van der Waals surface area contributed by atoms with E-state index in [0.717, 1.165) is 11.4 Å². The fraction of sp³-hybridized carbons (Fsp3) is 0.350. The first-order chi connectivity index (χ1) is 14.0. The van der Waals surface area contributed by atoms with Gasteiger partial charge in [0.1, 0.15) is 10.8 Å². The highest BCUT2D eigenvalue weighted by Gasteiger charge is 2.23. The molecule has 1 fully saturated rings. The number of rotatable bonds is 7. The summed E-state index contributed by atoms with van der Waals surface area (Å²) in [7, 11) is 1.65. The Balaban J connectivity index is 1.47. The number of carbonyl (C=O) groups excluding carboxylic acids is 3. The molecule has 0 unspecified atom stereocenters. The highest BCUT2D eigenvalue weighted by molar-refractivity contribution is 7.14. The van der Waals surface area contributed by atoms with E-state index < -0.39 is 5.91 Å². The van der Waals surface area contributed by atoms with Crippen LogP contribution in [0.5, 0.6) is 5.75 Å². The van der Waals surface area contributed by atoms with Crippen LogP contribution in [0.3, 0.4) is 0 Å². The van der Waals surface area contributed by atoms with E-state index in [4.69, 9.17) is 10.5 Å². The molecule has 0 aliphatic carbocycles. The minimum Gasteiger partial charge on any atom is -0.495 e. The van der Waals surface area contributed by atoms with Gasteiger partial charge in [-0.05, 0) is 23.6 Å². The molecule has 3 amide bonds. The maximum atomic E-state index is 12.5. The van der Waals surface area contributed by atoms with Gasteiger partial charge in [0.15, 0.2) is 0 Å². The molecule has 0 bridgehead atoms. The monoisotopic (exact) mass is 416 g/mol. The molecular weight excluding hydrogens is 392 g/mol. The number of benzene rings is 1. The average molecular weight is 417 g/mol. The van der Waals surface area contributed by atoms with E-state index in [0.29, 0.717) is 31.2 Å². The van der Waals surface area contributed by atoms with E-state index in [1.54, 1.807) is 23.5 Å². The third-order valence-electron chi connectivity index (χ3n) is 4.81. The average Bonchev–Trinajstić information content (AvgIpc) is 3.20. The Morgan fingerprint density at radius 3 is 2.52 bits per heavy atom. The van der Waals surface area contributed by atoms with Crippen molar-refractivity contribution in [1.29, 1.82) is 0 Å². The Morgan fingerprint density at radius 2 is 1.83 bits per heavy atom. The highest BCUT2D eigenvalue weighted by Crippen LogP contribution is 2.28. The number of amides is 3. The van der Waals surface area contributed by atoms with Crippen molar-refractivity contribution in [1.82, 2.24) is 4.90 Å². The highest BCUT2D eigenvalue weighted by atomic mass is 32.1. The summed E-state index contributed by atoms with van der Waals surface area (Å²) in [4.78, 5) is 39.9. The van der Waals surface area contributed by atoms with Crippen LogP contribution >= 0.6 is 11.3 Å². The maximum absolute atomic E-state index is 12.5. The lowest BCUT2D eigenvalue weighted by atomic mass is 10.2. The Hall–Kier alpha value is -3.07. The second-order valence-corrected chi connectivity index (χ2v) is 7.53. The Kier molecular flexibility index (Phi) is 6.71. The molecule has 0 atom stereocenters. The number of thiophene rings is 1. The van der Waals surface area contributed by atoms with Crippen LogP contribution in [-0.4, -0.2) is 55.9 Å². The normalized spacial score (nSPS) is 13.8. The minimum absolute atomic E-state index is 0.0545. The van der Waals surface area contributed by atoms with Crippen molar-refractivity contribution >= 4 is 39.7 Å². The fourth-order valence-electron chi connectivity index (χ4n) is 3.26. The summed E-state index contributed by atoms with van der Waals surface area (Å²) < 4.78 is 5.41. The third kappa shape index (κ3) is 5.05. The molecule has 8 nitrogen and oxygen atoms in total. The number of carbonyl (C=O) groups is 3. The third-order valence-corrected chi connectivity index (χ3v) is 5.64. The molecule has 1 aromatic carbocycles. The predicted molar refractivity (Wildman–Crippen MR) is 112 cm³/mol. The van der Waals surface area contributed by atoms with Crippen LogP contribution in [0.25, 0.3) is 0 Å². The number of para-hydroxylation sites is 2. The van der Waals surface area contributed by atoms with E-state index in [9.17, 15) is 14.4 Å². The number of hydrogen-bond donors (Lipinski definition) is 2. The Labute approximate surface area is 173 Å². The Morgan fingerprint density at radius 1 is 1.10 bits per heavy atom. The molecule has 0 saturated carbocycles. The molecule has 2 heterocycles. The molecule has 154 valence electrons. The second-order valence-electron chi connectivity index (χ2n) is 6.62. The number of nitrogens with zero attached hydrogens (tertiary/aromatic N) is 2. The Bertz CT molecular complexity index is 890. The lowest BCUT2D eigenvalue weighted by Crippen LogP contribution is -2.49. The molecule has 0 spiro atoms. The van der Waals surface area contributed by atoms with Crippen LogP contribution in [0.2, 0.25) is 0 Å². The molecule has 1 aliphatic heterocycles. The number of anilines is 2. The van der Waals surface area contributed by atoms with E-state index in [1.807, 2.05) is 24.3 Å². The van der Waals surface area contributed by atoms with Gasteiger partial charge < -0.3 is 25.6 Å². The molecule has 1 aromatic heterocycles. The van der Waals surface area contributed by atoms with Gasteiger partial charge in [-0.3, -0.25) is 14.4 Å². The molecule has 3 N–H and O–H groups in total. The quantitative estimate of drug-likeness (QED) is 0.718. The van der Waals surface area contributed by atoms with E-state index in [2.05, 4.69) is 10.2 Å². The molecule has 2 aromatic rings. The first kappa shape index (κ1) is 20.7. The summed E-state index contributed by atoms with van der Waals surface area (Å²) in [5.74, 6) is -0.143. The van der Waals surface area contributed by atoms with E-state index in [-0.39, 0.29) is 30.2 Å². The number of nitrogens with two attached hydrogens (primary N) is 1. The van der Waals surface area contributed by atoms with Crippen molar-refractivity contribution in [3.05, 3.63) is 41.3 Å². The van der Waals surface area contributed by atoms with Crippen molar-refractivity contribution in [2.45, 2.75) is 12.8 Å². The van der Waals surface area contributed by atoms with Crippen LogP contribution in [-0.2, 0) is 9.59 Å². The van der Waals surface area contributed by atoms with Crippen LogP contribution < -0.4 is 20.7 Å². The van der Waals surface area contributed by atoms with Gasteiger partial charge in [-0.1, -0.05) is 12.1 Å². The topological polar surface area (TPSA) is 105 Å². The van der Waals surface area contributed by atoms with Crippen molar-refractivity contribution in [3.63, 3.8) is 0 Å². The molecule has 9 heteroatoms. The van der Waals surface area contributed by atoms with Gasteiger partial charge in [-0.25, -0.2) is 0 Å². The zero-order valence-electron chi connectivity index (χ0n) is 16.2. The zero-order valence-corrected chi connectivity index (χ0v) is 17.0. The van der Waals surface area contributed by atoms with Crippen LogP contribution in [0.15, 0.2) is 35.7 Å². The molecule has 1 saturated heterocycles. The van der Waals surface area contributed by atoms with Gasteiger partial charge >= 0.3 is 0 Å².